The van der Waals surface area contributed by atoms with Gasteiger partial charge in [0.2, 0.25) is 0 Å². The van der Waals surface area contributed by atoms with Gasteiger partial charge in [-0.25, -0.2) is 0 Å². The zero-order valence-electron chi connectivity index (χ0n) is 19.6. The SMILES string of the molecule is CC(C)CN(CC1CN(C(=O)COc2ccc(Cl)cc2)CCO1)C(=O)c1ccc(C(F)(F)F)cc1. The lowest BCUT2D eigenvalue weighted by atomic mass is 10.1. The molecule has 0 spiro atoms. The van der Waals surface area contributed by atoms with Crippen molar-refractivity contribution in [3.63, 3.8) is 0 Å². The molecule has 1 fully saturated rings. The van der Waals surface area contributed by atoms with Gasteiger partial charge in [0, 0.05) is 36.8 Å². The minimum absolute atomic E-state index is 0.127. The highest BCUT2D eigenvalue weighted by atomic mass is 35.5. The predicted molar refractivity (Wildman–Crippen MR) is 125 cm³/mol. The molecular formula is C25H28ClF3N2O4. The van der Waals surface area contributed by atoms with E-state index in [0.717, 1.165) is 12.1 Å². The minimum atomic E-state index is -4.47. The number of ether oxygens (including phenoxy) is 2. The van der Waals surface area contributed by atoms with Crippen molar-refractivity contribution < 1.29 is 32.2 Å². The molecule has 2 aromatic carbocycles. The fourth-order valence-corrected chi connectivity index (χ4v) is 3.86. The van der Waals surface area contributed by atoms with E-state index in [1.54, 1.807) is 34.1 Å². The van der Waals surface area contributed by atoms with Crippen LogP contribution >= 0.6 is 11.6 Å². The number of hydrogen-bond donors (Lipinski definition) is 0. The van der Waals surface area contributed by atoms with E-state index in [1.807, 2.05) is 13.8 Å². The van der Waals surface area contributed by atoms with Gasteiger partial charge < -0.3 is 19.3 Å². The molecule has 0 radical (unpaired) electrons. The van der Waals surface area contributed by atoms with Gasteiger partial charge in [-0.2, -0.15) is 13.2 Å². The molecule has 1 atom stereocenters. The Morgan fingerprint density at radius 3 is 2.40 bits per heavy atom. The number of alkyl halides is 3. The van der Waals surface area contributed by atoms with Crippen molar-refractivity contribution in [3.05, 3.63) is 64.7 Å². The zero-order chi connectivity index (χ0) is 25.6. The zero-order valence-corrected chi connectivity index (χ0v) is 20.3. The third kappa shape index (κ3) is 7.86. The molecule has 1 heterocycles. The molecule has 1 unspecified atom stereocenters. The Kier molecular flexibility index (Phi) is 9.02. The molecule has 0 N–H and O–H groups in total. The molecule has 6 nitrogen and oxygen atoms in total. The van der Waals surface area contributed by atoms with Crippen molar-refractivity contribution in [2.45, 2.75) is 26.1 Å². The van der Waals surface area contributed by atoms with E-state index in [4.69, 9.17) is 21.1 Å². The number of rotatable bonds is 8. The lowest BCUT2D eigenvalue weighted by Gasteiger charge is -2.36. The lowest BCUT2D eigenvalue weighted by Crippen LogP contribution is -2.52. The Morgan fingerprint density at radius 1 is 1.14 bits per heavy atom. The molecule has 1 aliphatic heterocycles. The van der Waals surface area contributed by atoms with Crippen molar-refractivity contribution in [2.24, 2.45) is 5.92 Å². The van der Waals surface area contributed by atoms with Crippen LogP contribution in [0.2, 0.25) is 5.02 Å². The Morgan fingerprint density at radius 2 is 1.80 bits per heavy atom. The van der Waals surface area contributed by atoms with Gasteiger partial charge in [0.05, 0.1) is 18.3 Å². The van der Waals surface area contributed by atoms with Gasteiger partial charge in [0.1, 0.15) is 5.75 Å². The van der Waals surface area contributed by atoms with Crippen LogP contribution in [0, 0.1) is 5.92 Å². The minimum Gasteiger partial charge on any atom is -0.484 e. The van der Waals surface area contributed by atoms with Crippen molar-refractivity contribution in [2.75, 3.05) is 39.4 Å². The summed E-state index contributed by atoms with van der Waals surface area (Å²) in [5.74, 6) is 0.0589. The van der Waals surface area contributed by atoms with E-state index in [-0.39, 0.29) is 43.0 Å². The quantitative estimate of drug-likeness (QED) is 0.511. The summed E-state index contributed by atoms with van der Waals surface area (Å²) in [5.41, 5.74) is -0.645. The number of carbonyl (C=O) groups is 2. The molecule has 0 bridgehead atoms. The number of morpholine rings is 1. The molecule has 2 amide bonds. The van der Waals surface area contributed by atoms with Gasteiger partial charge in [-0.3, -0.25) is 9.59 Å². The van der Waals surface area contributed by atoms with Crippen LogP contribution < -0.4 is 4.74 Å². The average molecular weight is 513 g/mol. The molecule has 0 aromatic heterocycles. The van der Waals surface area contributed by atoms with Crippen LogP contribution in [-0.4, -0.2) is 67.1 Å². The van der Waals surface area contributed by atoms with E-state index in [9.17, 15) is 22.8 Å². The number of amides is 2. The fourth-order valence-electron chi connectivity index (χ4n) is 3.73. The standard InChI is InChI=1S/C25H28ClF3N2O4/c1-17(2)13-31(24(33)18-3-5-19(6-4-18)25(27,28)29)15-22-14-30(11-12-34-22)23(32)16-35-21-9-7-20(26)8-10-21/h3-10,17,22H,11-16H2,1-2H3. The third-order valence-electron chi connectivity index (χ3n) is 5.42. The normalized spacial score (nSPS) is 16.3. The van der Waals surface area contributed by atoms with Gasteiger partial charge in [0.25, 0.3) is 11.8 Å². The summed E-state index contributed by atoms with van der Waals surface area (Å²) in [4.78, 5) is 28.9. The third-order valence-corrected chi connectivity index (χ3v) is 5.68. The summed E-state index contributed by atoms with van der Waals surface area (Å²) < 4.78 is 50.0. The Bertz CT molecular complexity index is 997. The number of benzene rings is 2. The van der Waals surface area contributed by atoms with Gasteiger partial charge in [-0.1, -0.05) is 25.4 Å². The molecule has 190 valence electrons. The van der Waals surface area contributed by atoms with E-state index >= 15 is 0 Å². The van der Waals surface area contributed by atoms with Gasteiger partial charge in [-0.15, -0.1) is 0 Å². The first-order chi connectivity index (χ1) is 16.5. The van der Waals surface area contributed by atoms with Crippen LogP contribution in [-0.2, 0) is 15.7 Å². The Hall–Kier alpha value is -2.78. The van der Waals surface area contributed by atoms with Crippen LogP contribution in [0.5, 0.6) is 5.75 Å². The lowest BCUT2D eigenvalue weighted by molar-refractivity contribution is -0.141. The maximum atomic E-state index is 13.1. The summed E-state index contributed by atoms with van der Waals surface area (Å²) in [6.45, 7) is 5.33. The van der Waals surface area contributed by atoms with E-state index < -0.39 is 17.8 Å². The first kappa shape index (κ1) is 26.8. The van der Waals surface area contributed by atoms with E-state index in [0.29, 0.717) is 30.5 Å². The highest BCUT2D eigenvalue weighted by Crippen LogP contribution is 2.29. The molecule has 0 saturated carbocycles. The first-order valence-electron chi connectivity index (χ1n) is 11.3. The van der Waals surface area contributed by atoms with Crippen LogP contribution in [0.25, 0.3) is 0 Å². The highest BCUT2D eigenvalue weighted by molar-refractivity contribution is 6.30. The van der Waals surface area contributed by atoms with Crippen LogP contribution in [0.15, 0.2) is 48.5 Å². The summed E-state index contributed by atoms with van der Waals surface area (Å²) in [6, 6.07) is 10.9. The van der Waals surface area contributed by atoms with Gasteiger partial charge in [-0.05, 0) is 54.4 Å². The van der Waals surface area contributed by atoms with Gasteiger partial charge >= 0.3 is 6.18 Å². The fraction of sp³-hybridized carbons (Fsp3) is 0.440. The smallest absolute Gasteiger partial charge is 0.416 e. The summed E-state index contributed by atoms with van der Waals surface area (Å²) in [7, 11) is 0. The second-order valence-corrected chi connectivity index (χ2v) is 9.19. The van der Waals surface area contributed by atoms with Gasteiger partial charge in [0.15, 0.2) is 6.61 Å². The highest BCUT2D eigenvalue weighted by Gasteiger charge is 2.31. The molecule has 10 heteroatoms. The summed E-state index contributed by atoms with van der Waals surface area (Å²) in [5, 5.41) is 0.566. The average Bonchev–Trinajstić information content (AvgIpc) is 2.82. The maximum Gasteiger partial charge on any atom is 0.416 e. The molecule has 1 aliphatic rings. The molecule has 35 heavy (non-hydrogen) atoms. The number of carbonyl (C=O) groups excluding carboxylic acids is 2. The number of hydrogen-bond acceptors (Lipinski definition) is 4. The summed E-state index contributed by atoms with van der Waals surface area (Å²) >= 11 is 5.85. The molecule has 3 rings (SSSR count). The van der Waals surface area contributed by atoms with Crippen LogP contribution in [0.1, 0.15) is 29.8 Å². The largest absolute Gasteiger partial charge is 0.484 e. The van der Waals surface area contributed by atoms with E-state index in [2.05, 4.69) is 0 Å². The van der Waals surface area contributed by atoms with Crippen LogP contribution in [0.3, 0.4) is 0 Å². The second kappa shape index (κ2) is 11.8. The molecule has 1 saturated heterocycles. The van der Waals surface area contributed by atoms with Crippen molar-refractivity contribution in [3.8, 4) is 5.75 Å². The van der Waals surface area contributed by atoms with Crippen molar-refractivity contribution in [1.29, 1.82) is 0 Å². The Balaban J connectivity index is 1.61. The first-order valence-corrected chi connectivity index (χ1v) is 11.6. The number of halogens is 4. The number of nitrogens with zero attached hydrogens (tertiary/aromatic N) is 2. The van der Waals surface area contributed by atoms with Crippen molar-refractivity contribution >= 4 is 23.4 Å². The predicted octanol–water partition coefficient (Wildman–Crippen LogP) is 4.76. The molecule has 0 aliphatic carbocycles. The maximum absolute atomic E-state index is 13.1. The second-order valence-electron chi connectivity index (χ2n) is 8.75. The van der Waals surface area contributed by atoms with Crippen molar-refractivity contribution in [1.82, 2.24) is 9.80 Å². The topological polar surface area (TPSA) is 59.1 Å². The van der Waals surface area contributed by atoms with Crippen LogP contribution in [0.4, 0.5) is 13.2 Å². The van der Waals surface area contributed by atoms with E-state index in [1.165, 1.54) is 12.1 Å². The monoisotopic (exact) mass is 512 g/mol. The molecular weight excluding hydrogens is 485 g/mol. The molecule has 2 aromatic rings. The summed E-state index contributed by atoms with van der Waals surface area (Å²) in [6.07, 6.45) is -4.90. The Labute approximate surface area is 207 Å².